The molecular weight excluding hydrogens is 400 g/mol. The van der Waals surface area contributed by atoms with Crippen LogP contribution in [0.4, 0.5) is 0 Å². The number of carbonyl (C=O) groups is 1. The number of para-hydroxylation sites is 1. The minimum absolute atomic E-state index is 0.0882. The number of rotatable bonds is 4. The molecule has 7 nitrogen and oxygen atoms in total. The molecule has 3 aromatic heterocycles. The van der Waals surface area contributed by atoms with Crippen LogP contribution in [-0.4, -0.2) is 48.3 Å². The summed E-state index contributed by atoms with van der Waals surface area (Å²) in [5.41, 5.74) is 4.89. The van der Waals surface area contributed by atoms with Crippen LogP contribution in [-0.2, 0) is 0 Å². The predicted molar refractivity (Wildman–Crippen MR) is 121 cm³/mol. The van der Waals surface area contributed by atoms with E-state index >= 15 is 0 Å². The number of aryl methyl sites for hydroxylation is 1. The van der Waals surface area contributed by atoms with Gasteiger partial charge in [0.1, 0.15) is 5.82 Å². The first-order valence-corrected chi connectivity index (χ1v) is 11.4. The smallest absolute Gasteiger partial charge is 0.257 e. The zero-order valence-electron chi connectivity index (χ0n) is 18.2. The van der Waals surface area contributed by atoms with Crippen LogP contribution in [0, 0.1) is 6.92 Å². The van der Waals surface area contributed by atoms with Gasteiger partial charge in [0.15, 0.2) is 5.65 Å². The maximum absolute atomic E-state index is 13.7. The second kappa shape index (κ2) is 7.58. The number of benzene rings is 1. The van der Waals surface area contributed by atoms with E-state index in [4.69, 9.17) is 0 Å². The summed E-state index contributed by atoms with van der Waals surface area (Å²) in [6, 6.07) is 14.2. The molecule has 0 N–H and O–H groups in total. The fourth-order valence-electron chi connectivity index (χ4n) is 4.95. The summed E-state index contributed by atoms with van der Waals surface area (Å²) in [6.07, 6.45) is 7.99. The Bertz CT molecular complexity index is 1300. The minimum atomic E-state index is 0.0882. The molecule has 4 heterocycles. The van der Waals surface area contributed by atoms with Gasteiger partial charge in [0.2, 0.25) is 0 Å². The van der Waals surface area contributed by atoms with Gasteiger partial charge >= 0.3 is 0 Å². The molecule has 0 radical (unpaired) electrons. The number of hydrogen-bond acceptors (Lipinski definition) is 4. The van der Waals surface area contributed by atoms with E-state index in [2.05, 4.69) is 34.4 Å². The van der Waals surface area contributed by atoms with E-state index in [0.29, 0.717) is 12.5 Å². The van der Waals surface area contributed by atoms with Crippen LogP contribution in [0.1, 0.15) is 65.0 Å². The molecule has 1 saturated carbocycles. The zero-order valence-corrected chi connectivity index (χ0v) is 18.2. The number of aromatic nitrogens is 5. The molecule has 1 aliphatic carbocycles. The van der Waals surface area contributed by atoms with Crippen molar-refractivity contribution in [1.29, 1.82) is 0 Å². The van der Waals surface area contributed by atoms with E-state index in [1.54, 1.807) is 6.20 Å². The van der Waals surface area contributed by atoms with Crippen LogP contribution in [0.25, 0.3) is 11.3 Å². The van der Waals surface area contributed by atoms with Crippen molar-refractivity contribution in [3.63, 3.8) is 0 Å². The van der Waals surface area contributed by atoms with Gasteiger partial charge in [-0.3, -0.25) is 9.20 Å². The fraction of sp³-hybridized carbons (Fsp3) is 0.360. The molecule has 0 spiro atoms. The molecule has 162 valence electrons. The summed E-state index contributed by atoms with van der Waals surface area (Å²) in [5.74, 6) is 1.62. The monoisotopic (exact) mass is 426 g/mol. The van der Waals surface area contributed by atoms with Crippen LogP contribution < -0.4 is 0 Å². The number of carbonyl (C=O) groups excluding carboxylic acids is 1. The lowest BCUT2D eigenvalue weighted by Crippen LogP contribution is -2.39. The summed E-state index contributed by atoms with van der Waals surface area (Å²) in [6.45, 7) is 3.52. The summed E-state index contributed by atoms with van der Waals surface area (Å²) in [4.78, 5) is 15.7. The first-order chi connectivity index (χ1) is 15.7. The normalized spacial score (nSPS) is 18.9. The van der Waals surface area contributed by atoms with E-state index in [0.717, 1.165) is 66.2 Å². The van der Waals surface area contributed by atoms with Crippen LogP contribution in [0.15, 0.2) is 54.9 Å². The highest BCUT2D eigenvalue weighted by Gasteiger charge is 2.36. The van der Waals surface area contributed by atoms with Gasteiger partial charge in [-0.1, -0.05) is 24.3 Å². The molecule has 2 fully saturated rings. The van der Waals surface area contributed by atoms with E-state index in [-0.39, 0.29) is 11.8 Å². The van der Waals surface area contributed by atoms with Crippen LogP contribution in [0.3, 0.4) is 0 Å². The average Bonchev–Trinajstić information content (AvgIpc) is 3.42. The lowest BCUT2D eigenvalue weighted by molar-refractivity contribution is 0.0703. The van der Waals surface area contributed by atoms with Crippen molar-refractivity contribution in [3.8, 4) is 5.69 Å². The highest BCUT2D eigenvalue weighted by Crippen LogP contribution is 2.43. The third-order valence-electron chi connectivity index (χ3n) is 6.76. The molecule has 1 aromatic carbocycles. The van der Waals surface area contributed by atoms with Gasteiger partial charge in [0, 0.05) is 31.1 Å². The first-order valence-electron chi connectivity index (χ1n) is 11.4. The molecular formula is C25H26N6O. The van der Waals surface area contributed by atoms with Crippen molar-refractivity contribution < 1.29 is 4.79 Å². The lowest BCUT2D eigenvalue weighted by Gasteiger charge is -2.32. The number of fused-ring (bicyclic) bond motifs is 1. The Kier molecular flexibility index (Phi) is 4.56. The molecule has 1 unspecified atom stereocenters. The SMILES string of the molecule is Cc1ccccc1-n1ncc(C(=O)N2CCCC(c3nnc4ccccn34)C2)c1C1CC1. The van der Waals surface area contributed by atoms with Gasteiger partial charge in [0.25, 0.3) is 5.91 Å². The second-order valence-electron chi connectivity index (χ2n) is 8.99. The lowest BCUT2D eigenvalue weighted by atomic mass is 9.96. The maximum Gasteiger partial charge on any atom is 0.257 e. The molecule has 1 aliphatic heterocycles. The van der Waals surface area contributed by atoms with Crippen molar-refractivity contribution in [2.24, 2.45) is 0 Å². The topological polar surface area (TPSA) is 68.3 Å². The first kappa shape index (κ1) is 19.2. The number of pyridine rings is 1. The quantitative estimate of drug-likeness (QED) is 0.492. The van der Waals surface area contributed by atoms with Gasteiger partial charge < -0.3 is 4.90 Å². The van der Waals surface area contributed by atoms with Crippen LogP contribution in [0.2, 0.25) is 0 Å². The second-order valence-corrected chi connectivity index (χ2v) is 8.99. The zero-order chi connectivity index (χ0) is 21.7. The van der Waals surface area contributed by atoms with Crippen molar-refractivity contribution in [2.75, 3.05) is 13.1 Å². The molecule has 1 saturated heterocycles. The summed E-state index contributed by atoms with van der Waals surface area (Å²) >= 11 is 0. The van der Waals surface area contributed by atoms with Crippen molar-refractivity contribution >= 4 is 11.6 Å². The average molecular weight is 427 g/mol. The Hall–Kier alpha value is -3.48. The number of hydrogen-bond donors (Lipinski definition) is 0. The molecule has 1 atom stereocenters. The molecule has 32 heavy (non-hydrogen) atoms. The summed E-state index contributed by atoms with van der Waals surface area (Å²) in [5, 5.41) is 13.4. The Labute approximate surface area is 186 Å². The van der Waals surface area contributed by atoms with Gasteiger partial charge in [0.05, 0.1) is 23.1 Å². The molecule has 0 bridgehead atoms. The molecule has 2 aliphatic rings. The molecule has 7 heteroatoms. The minimum Gasteiger partial charge on any atom is -0.338 e. The Balaban J connectivity index is 1.31. The Morgan fingerprint density at radius 2 is 1.84 bits per heavy atom. The molecule has 4 aromatic rings. The third-order valence-corrected chi connectivity index (χ3v) is 6.76. The van der Waals surface area contributed by atoms with E-state index in [1.807, 2.05) is 50.5 Å². The Morgan fingerprint density at radius 3 is 2.69 bits per heavy atom. The van der Waals surface area contributed by atoms with Crippen molar-refractivity contribution in [1.82, 2.24) is 29.3 Å². The number of nitrogens with zero attached hydrogens (tertiary/aromatic N) is 6. The number of piperidine rings is 1. The fourth-order valence-corrected chi connectivity index (χ4v) is 4.95. The van der Waals surface area contributed by atoms with Gasteiger partial charge in [-0.15, -0.1) is 10.2 Å². The van der Waals surface area contributed by atoms with Crippen LogP contribution in [0.5, 0.6) is 0 Å². The molecule has 1 amide bonds. The molecule has 6 rings (SSSR count). The van der Waals surface area contributed by atoms with Gasteiger partial charge in [-0.2, -0.15) is 5.10 Å². The van der Waals surface area contributed by atoms with Crippen molar-refractivity contribution in [2.45, 2.75) is 44.4 Å². The number of likely N-dealkylation sites (tertiary alicyclic amines) is 1. The van der Waals surface area contributed by atoms with E-state index < -0.39 is 0 Å². The summed E-state index contributed by atoms with van der Waals surface area (Å²) < 4.78 is 4.04. The maximum atomic E-state index is 13.7. The van der Waals surface area contributed by atoms with E-state index in [9.17, 15) is 4.79 Å². The number of amides is 1. The van der Waals surface area contributed by atoms with Gasteiger partial charge in [-0.25, -0.2) is 4.68 Å². The van der Waals surface area contributed by atoms with Crippen molar-refractivity contribution in [3.05, 3.63) is 77.5 Å². The Morgan fingerprint density at radius 1 is 1.00 bits per heavy atom. The largest absolute Gasteiger partial charge is 0.338 e. The highest BCUT2D eigenvalue weighted by molar-refractivity contribution is 5.95. The highest BCUT2D eigenvalue weighted by atomic mass is 16.2. The van der Waals surface area contributed by atoms with Gasteiger partial charge in [-0.05, 0) is 56.4 Å². The standard InChI is InChI=1S/C25H26N6O/c1-17-7-2-3-9-21(17)31-23(18-11-12-18)20(15-26-31)25(32)29-13-6-8-19(16-29)24-28-27-22-10-4-5-14-30(22)24/h2-5,7,9-10,14-15,18-19H,6,8,11-13,16H2,1H3. The summed E-state index contributed by atoms with van der Waals surface area (Å²) in [7, 11) is 0. The predicted octanol–water partition coefficient (Wildman–Crippen LogP) is 4.12. The van der Waals surface area contributed by atoms with Crippen LogP contribution >= 0.6 is 0 Å². The van der Waals surface area contributed by atoms with E-state index in [1.165, 1.54) is 0 Å². The third kappa shape index (κ3) is 3.20.